The van der Waals surface area contributed by atoms with Gasteiger partial charge < -0.3 is 14.0 Å². The van der Waals surface area contributed by atoms with Crippen LogP contribution in [0.15, 0.2) is 169 Å². The predicted octanol–water partition coefficient (Wildman–Crippen LogP) is 12.4. The fourth-order valence-electron chi connectivity index (χ4n) is 8.47. The number of para-hydroxylation sites is 3. The fourth-order valence-corrected chi connectivity index (χ4v) is 9.71. The van der Waals surface area contributed by atoms with Crippen LogP contribution in [0.4, 0.5) is 0 Å². The molecule has 1 aliphatic rings. The SMILES string of the molecule is CN1C(c2cccc(-n3c4ccccc4c4ccccc43)c2)=CC=NC1n1c2ccccc2c2cc(-c3cccc4c3sc3ccccc34)ccc21. The van der Waals surface area contributed by atoms with E-state index in [9.17, 15) is 0 Å². The molecule has 246 valence electrons. The van der Waals surface area contributed by atoms with E-state index in [1.807, 2.05) is 17.6 Å². The zero-order valence-electron chi connectivity index (χ0n) is 28.4. The highest BCUT2D eigenvalue weighted by molar-refractivity contribution is 7.26. The van der Waals surface area contributed by atoms with Gasteiger partial charge in [0.2, 0.25) is 6.29 Å². The number of aliphatic imine (C=N–C) groups is 1. The maximum atomic E-state index is 5.11. The highest BCUT2D eigenvalue weighted by Crippen LogP contribution is 2.43. The van der Waals surface area contributed by atoms with Crippen LogP contribution in [0.25, 0.3) is 86.3 Å². The summed E-state index contributed by atoms with van der Waals surface area (Å²) in [5, 5.41) is 7.64. The number of rotatable bonds is 4. The molecular weight excluding hydrogens is 653 g/mol. The van der Waals surface area contributed by atoms with Crippen molar-refractivity contribution in [3.63, 3.8) is 0 Å². The van der Waals surface area contributed by atoms with Crippen molar-refractivity contribution in [2.24, 2.45) is 4.99 Å². The molecule has 7 aromatic carbocycles. The summed E-state index contributed by atoms with van der Waals surface area (Å²) in [7, 11) is 2.16. The Kier molecular flexibility index (Phi) is 6.36. The zero-order valence-corrected chi connectivity index (χ0v) is 29.3. The number of thiophene rings is 1. The van der Waals surface area contributed by atoms with E-state index >= 15 is 0 Å². The van der Waals surface area contributed by atoms with Gasteiger partial charge in [-0.25, -0.2) is 4.99 Å². The van der Waals surface area contributed by atoms with Crippen LogP contribution in [-0.4, -0.2) is 27.3 Å². The molecule has 1 aliphatic heterocycles. The third-order valence-corrected chi connectivity index (χ3v) is 12.0. The Hall–Kier alpha value is -6.43. The Morgan fingerprint density at radius 2 is 1.15 bits per heavy atom. The van der Waals surface area contributed by atoms with Crippen molar-refractivity contribution in [2.75, 3.05) is 7.05 Å². The van der Waals surface area contributed by atoms with Crippen LogP contribution >= 0.6 is 11.3 Å². The Balaban J connectivity index is 1.02. The molecule has 0 N–H and O–H groups in total. The summed E-state index contributed by atoms with van der Waals surface area (Å²) < 4.78 is 7.44. The van der Waals surface area contributed by atoms with Crippen LogP contribution in [0.3, 0.4) is 0 Å². The lowest BCUT2D eigenvalue weighted by atomic mass is 10.0. The average Bonchev–Trinajstić information content (AvgIpc) is 3.86. The summed E-state index contributed by atoms with van der Waals surface area (Å²) in [6, 6.07) is 57.4. The second kappa shape index (κ2) is 11.3. The minimum absolute atomic E-state index is 0.254. The van der Waals surface area contributed by atoms with Crippen molar-refractivity contribution in [1.82, 2.24) is 14.0 Å². The number of aromatic nitrogens is 2. The molecule has 0 radical (unpaired) electrons. The molecule has 1 atom stereocenters. The monoisotopic (exact) mass is 684 g/mol. The number of benzene rings is 7. The van der Waals surface area contributed by atoms with Gasteiger partial charge in [-0.15, -0.1) is 11.3 Å². The molecule has 4 heterocycles. The van der Waals surface area contributed by atoms with Gasteiger partial charge in [0.15, 0.2) is 0 Å². The van der Waals surface area contributed by atoms with Crippen LogP contribution in [0.5, 0.6) is 0 Å². The maximum absolute atomic E-state index is 5.11. The number of hydrogen-bond acceptors (Lipinski definition) is 3. The first-order valence-electron chi connectivity index (χ1n) is 17.7. The van der Waals surface area contributed by atoms with Gasteiger partial charge in [-0.05, 0) is 65.7 Å². The predicted molar refractivity (Wildman–Crippen MR) is 222 cm³/mol. The second-order valence-corrected chi connectivity index (χ2v) is 14.7. The van der Waals surface area contributed by atoms with Gasteiger partial charge >= 0.3 is 0 Å². The van der Waals surface area contributed by atoms with Gasteiger partial charge in [-0.1, -0.05) is 109 Å². The normalized spacial score (nSPS) is 14.8. The van der Waals surface area contributed by atoms with Gasteiger partial charge in [0.05, 0.1) is 22.1 Å². The molecule has 5 heteroatoms. The van der Waals surface area contributed by atoms with Crippen molar-refractivity contribution in [2.45, 2.75) is 6.29 Å². The molecule has 0 spiro atoms. The van der Waals surface area contributed by atoms with Gasteiger partial charge in [0, 0.05) is 71.9 Å². The summed E-state index contributed by atoms with van der Waals surface area (Å²) >= 11 is 1.88. The van der Waals surface area contributed by atoms with E-state index in [2.05, 4.69) is 185 Å². The molecule has 52 heavy (non-hydrogen) atoms. The van der Waals surface area contributed by atoms with E-state index in [4.69, 9.17) is 4.99 Å². The third-order valence-electron chi connectivity index (χ3n) is 10.8. The van der Waals surface area contributed by atoms with E-state index in [0.29, 0.717) is 0 Å². The zero-order chi connectivity index (χ0) is 34.3. The molecule has 0 saturated carbocycles. The lowest BCUT2D eigenvalue weighted by Crippen LogP contribution is -2.29. The minimum Gasteiger partial charge on any atom is -0.335 e. The molecule has 1 unspecified atom stereocenters. The Morgan fingerprint density at radius 3 is 1.94 bits per heavy atom. The number of fused-ring (bicyclic) bond motifs is 9. The number of nitrogens with zero attached hydrogens (tertiary/aromatic N) is 4. The molecule has 0 aliphatic carbocycles. The molecule has 0 bridgehead atoms. The number of hydrogen-bond donors (Lipinski definition) is 0. The highest BCUT2D eigenvalue weighted by atomic mass is 32.1. The summed E-state index contributed by atoms with van der Waals surface area (Å²) in [4.78, 5) is 7.42. The first-order chi connectivity index (χ1) is 25.7. The molecule has 11 rings (SSSR count). The first kappa shape index (κ1) is 29.3. The summed E-state index contributed by atoms with van der Waals surface area (Å²) in [6.07, 6.45) is 3.86. The lowest BCUT2D eigenvalue weighted by molar-refractivity contribution is 0.283. The molecule has 10 aromatic rings. The van der Waals surface area contributed by atoms with E-state index in [1.54, 1.807) is 0 Å². The lowest BCUT2D eigenvalue weighted by Gasteiger charge is -2.33. The second-order valence-electron chi connectivity index (χ2n) is 13.6. The van der Waals surface area contributed by atoms with Crippen LogP contribution in [0, 0.1) is 0 Å². The van der Waals surface area contributed by atoms with Gasteiger partial charge in [-0.2, -0.15) is 0 Å². The minimum atomic E-state index is -0.254. The summed E-state index contributed by atoms with van der Waals surface area (Å²) in [6.45, 7) is 0. The molecule has 3 aromatic heterocycles. The van der Waals surface area contributed by atoms with Crippen molar-refractivity contribution < 1.29 is 0 Å². The Labute approximate surface area is 304 Å². The number of allylic oxidation sites excluding steroid dienone is 1. The Bertz CT molecular complexity index is 3060. The first-order valence-corrected chi connectivity index (χ1v) is 18.5. The third kappa shape index (κ3) is 4.23. The van der Waals surface area contributed by atoms with E-state index in [1.165, 1.54) is 74.9 Å². The topological polar surface area (TPSA) is 25.5 Å². The van der Waals surface area contributed by atoms with Crippen molar-refractivity contribution >= 4 is 87.0 Å². The van der Waals surface area contributed by atoms with Crippen molar-refractivity contribution in [3.8, 4) is 16.8 Å². The Morgan fingerprint density at radius 1 is 0.519 bits per heavy atom. The van der Waals surface area contributed by atoms with E-state index in [-0.39, 0.29) is 6.29 Å². The molecule has 4 nitrogen and oxygen atoms in total. The summed E-state index contributed by atoms with van der Waals surface area (Å²) in [5.74, 6) is 0. The van der Waals surface area contributed by atoms with Crippen molar-refractivity contribution in [3.05, 3.63) is 169 Å². The average molecular weight is 685 g/mol. The fraction of sp³-hybridized carbons (Fsp3) is 0.0426. The van der Waals surface area contributed by atoms with Crippen LogP contribution < -0.4 is 0 Å². The van der Waals surface area contributed by atoms with Gasteiger partial charge in [-0.3, -0.25) is 0 Å². The quantitative estimate of drug-likeness (QED) is 0.181. The van der Waals surface area contributed by atoms with E-state index in [0.717, 1.165) is 16.9 Å². The van der Waals surface area contributed by atoms with Crippen LogP contribution in [0.2, 0.25) is 0 Å². The largest absolute Gasteiger partial charge is 0.335 e. The molecule has 0 saturated heterocycles. The maximum Gasteiger partial charge on any atom is 0.203 e. The smallest absolute Gasteiger partial charge is 0.203 e. The summed E-state index contributed by atoms with van der Waals surface area (Å²) in [5.41, 5.74) is 10.7. The van der Waals surface area contributed by atoms with Gasteiger partial charge in [0.1, 0.15) is 0 Å². The van der Waals surface area contributed by atoms with Crippen LogP contribution in [-0.2, 0) is 0 Å². The standard InChI is InChI=1S/C47H32N4S/c1-49-40(31-12-10-13-32(28-31)50-41-20-6-2-14-34(41)35-15-3-7-21-42(35)50)26-27-48-47(49)51-43-22-8-4-16-36(43)39-29-30(24-25-44(39)51)33-18-11-19-38-37-17-5-9-23-45(37)52-46(33)38/h2-29,47H,1H3. The van der Waals surface area contributed by atoms with Crippen molar-refractivity contribution in [1.29, 1.82) is 0 Å². The highest BCUT2D eigenvalue weighted by Gasteiger charge is 2.26. The molecule has 0 fully saturated rings. The molecule has 0 amide bonds. The van der Waals surface area contributed by atoms with E-state index < -0.39 is 0 Å². The molecular formula is C47H32N4S. The van der Waals surface area contributed by atoms with Gasteiger partial charge in [0.25, 0.3) is 0 Å². The van der Waals surface area contributed by atoms with Crippen LogP contribution in [0.1, 0.15) is 11.9 Å².